The molecule has 0 atom stereocenters. The second-order valence-electron chi connectivity index (χ2n) is 2.29. The fourth-order valence-corrected chi connectivity index (χ4v) is 1.08. The van der Waals surface area contributed by atoms with E-state index < -0.39 is 0 Å². The number of rotatable bonds is 0. The molecule has 0 unspecified atom stereocenters. The van der Waals surface area contributed by atoms with Gasteiger partial charge in [-0.05, 0) is 12.8 Å². The fraction of sp³-hybridized carbons (Fsp3) is 1.00. The van der Waals surface area contributed by atoms with Gasteiger partial charge in [-0.25, -0.2) is 0 Å². The van der Waals surface area contributed by atoms with Crippen LogP contribution >= 0.6 is 0 Å². The first-order chi connectivity index (χ1) is 3.39. The van der Waals surface area contributed by atoms with Gasteiger partial charge in [-0.1, -0.05) is 19.3 Å². The van der Waals surface area contributed by atoms with Crippen molar-refractivity contribution in [2.75, 3.05) is 0 Å². The molecule has 0 aromatic heterocycles. The van der Waals surface area contributed by atoms with Crippen LogP contribution in [0, 0.1) is 0 Å². The SMILES string of the molecule is N.N.O.OC1CCCCC1. The molecule has 4 nitrogen and oxygen atoms in total. The largest absolute Gasteiger partial charge is 0.412 e. The van der Waals surface area contributed by atoms with E-state index in [-0.39, 0.29) is 23.9 Å². The molecule has 0 spiro atoms. The highest BCUT2D eigenvalue weighted by Crippen LogP contribution is 2.16. The molecule has 0 saturated heterocycles. The Morgan fingerprint density at radius 2 is 1.30 bits per heavy atom. The molecule has 1 aliphatic rings. The van der Waals surface area contributed by atoms with Crippen LogP contribution in [0.5, 0.6) is 0 Å². The van der Waals surface area contributed by atoms with E-state index in [0.29, 0.717) is 0 Å². The van der Waals surface area contributed by atoms with E-state index in [1.165, 1.54) is 19.3 Å². The molecular formula is C6H20N2O2. The Morgan fingerprint density at radius 1 is 0.900 bits per heavy atom. The smallest absolute Gasteiger partial charge is 0.0540 e. The van der Waals surface area contributed by atoms with Crippen LogP contribution in [0.4, 0.5) is 0 Å². The zero-order valence-corrected chi connectivity index (χ0v) is 6.47. The first-order valence-corrected chi connectivity index (χ1v) is 3.07. The van der Waals surface area contributed by atoms with Gasteiger partial charge in [-0.2, -0.15) is 0 Å². The Kier molecular flexibility index (Phi) is 14.5. The van der Waals surface area contributed by atoms with Crippen LogP contribution in [0.3, 0.4) is 0 Å². The second-order valence-corrected chi connectivity index (χ2v) is 2.29. The molecule has 1 rings (SSSR count). The van der Waals surface area contributed by atoms with Gasteiger partial charge in [0, 0.05) is 0 Å². The van der Waals surface area contributed by atoms with Gasteiger partial charge in [0.05, 0.1) is 6.10 Å². The Hall–Kier alpha value is -0.160. The maximum absolute atomic E-state index is 8.91. The molecule has 0 amide bonds. The van der Waals surface area contributed by atoms with Crippen molar-refractivity contribution in [2.24, 2.45) is 0 Å². The van der Waals surface area contributed by atoms with Gasteiger partial charge in [-0.15, -0.1) is 0 Å². The third-order valence-corrected chi connectivity index (χ3v) is 1.57. The molecule has 10 heavy (non-hydrogen) atoms. The van der Waals surface area contributed by atoms with E-state index in [1.807, 2.05) is 0 Å². The molecule has 0 aromatic rings. The standard InChI is InChI=1S/C6H12O.2H3N.H2O/c7-6-4-2-1-3-5-6;;;/h6-7H,1-5H2;2*1H3;1H2. The quantitative estimate of drug-likeness (QED) is 0.476. The molecule has 0 heterocycles. The van der Waals surface area contributed by atoms with E-state index in [4.69, 9.17) is 5.11 Å². The summed E-state index contributed by atoms with van der Waals surface area (Å²) in [6.07, 6.45) is 5.92. The van der Waals surface area contributed by atoms with Crippen LogP contribution in [0.25, 0.3) is 0 Å². The molecule has 0 radical (unpaired) electrons. The lowest BCUT2D eigenvalue weighted by Crippen LogP contribution is -2.09. The summed E-state index contributed by atoms with van der Waals surface area (Å²) in [4.78, 5) is 0. The van der Waals surface area contributed by atoms with E-state index in [9.17, 15) is 0 Å². The Morgan fingerprint density at radius 3 is 1.50 bits per heavy atom. The normalized spacial score (nSPS) is 17.7. The lowest BCUT2D eigenvalue weighted by Gasteiger charge is -2.14. The summed E-state index contributed by atoms with van der Waals surface area (Å²) in [6.45, 7) is 0. The van der Waals surface area contributed by atoms with Crippen LogP contribution in [-0.4, -0.2) is 16.7 Å². The molecule has 4 heteroatoms. The monoisotopic (exact) mass is 152 g/mol. The van der Waals surface area contributed by atoms with Gasteiger partial charge in [-0.3, -0.25) is 0 Å². The van der Waals surface area contributed by atoms with Crippen molar-refractivity contribution in [1.82, 2.24) is 12.3 Å². The molecule has 1 fully saturated rings. The Balaban J connectivity index is -0.000000163. The van der Waals surface area contributed by atoms with Gasteiger partial charge < -0.3 is 22.9 Å². The minimum Gasteiger partial charge on any atom is -0.412 e. The van der Waals surface area contributed by atoms with Crippen LogP contribution in [0.15, 0.2) is 0 Å². The van der Waals surface area contributed by atoms with E-state index >= 15 is 0 Å². The third-order valence-electron chi connectivity index (χ3n) is 1.57. The maximum atomic E-state index is 8.91. The first-order valence-electron chi connectivity index (χ1n) is 3.07. The number of aliphatic hydroxyl groups is 1. The fourth-order valence-electron chi connectivity index (χ4n) is 1.08. The van der Waals surface area contributed by atoms with Crippen molar-refractivity contribution >= 4 is 0 Å². The molecule has 0 bridgehead atoms. The molecule has 0 aromatic carbocycles. The minimum absolute atomic E-state index is 0. The molecule has 0 aliphatic heterocycles. The van der Waals surface area contributed by atoms with Gasteiger partial charge in [0.25, 0.3) is 0 Å². The van der Waals surface area contributed by atoms with E-state index in [0.717, 1.165) is 12.8 Å². The summed E-state index contributed by atoms with van der Waals surface area (Å²) in [5.41, 5.74) is 0. The summed E-state index contributed by atoms with van der Waals surface area (Å²) in [7, 11) is 0. The van der Waals surface area contributed by atoms with Crippen LogP contribution < -0.4 is 12.3 Å². The van der Waals surface area contributed by atoms with Gasteiger partial charge in [0.15, 0.2) is 0 Å². The topological polar surface area (TPSA) is 122 Å². The molecule has 9 N–H and O–H groups in total. The molecule has 66 valence electrons. The lowest BCUT2D eigenvalue weighted by molar-refractivity contribution is 0.130. The van der Waals surface area contributed by atoms with Crippen molar-refractivity contribution < 1.29 is 10.6 Å². The lowest BCUT2D eigenvalue weighted by atomic mass is 9.98. The van der Waals surface area contributed by atoms with Crippen molar-refractivity contribution in [3.05, 3.63) is 0 Å². The van der Waals surface area contributed by atoms with Crippen LogP contribution in [-0.2, 0) is 0 Å². The second kappa shape index (κ2) is 8.84. The number of hydrogen-bond donors (Lipinski definition) is 3. The van der Waals surface area contributed by atoms with Gasteiger partial charge in [0.1, 0.15) is 0 Å². The van der Waals surface area contributed by atoms with Gasteiger partial charge >= 0.3 is 0 Å². The average molecular weight is 152 g/mol. The first kappa shape index (κ1) is 16.4. The molecule has 1 saturated carbocycles. The van der Waals surface area contributed by atoms with Crippen molar-refractivity contribution in [3.8, 4) is 0 Å². The van der Waals surface area contributed by atoms with Crippen LogP contribution in [0.1, 0.15) is 32.1 Å². The van der Waals surface area contributed by atoms with Crippen LogP contribution in [0.2, 0.25) is 0 Å². The molecular weight excluding hydrogens is 132 g/mol. The van der Waals surface area contributed by atoms with Gasteiger partial charge in [0.2, 0.25) is 0 Å². The van der Waals surface area contributed by atoms with Crippen molar-refractivity contribution in [2.45, 2.75) is 38.2 Å². The predicted molar refractivity (Wildman–Crippen MR) is 42.7 cm³/mol. The third kappa shape index (κ3) is 5.97. The Labute approximate surface area is 62.1 Å². The van der Waals surface area contributed by atoms with E-state index in [2.05, 4.69) is 0 Å². The van der Waals surface area contributed by atoms with Crippen molar-refractivity contribution in [1.29, 1.82) is 0 Å². The zero-order valence-electron chi connectivity index (χ0n) is 6.47. The average Bonchev–Trinajstić information content (AvgIpc) is 1.69. The molecule has 1 aliphatic carbocycles. The summed E-state index contributed by atoms with van der Waals surface area (Å²) >= 11 is 0. The Bertz CT molecular complexity index is 55.7. The summed E-state index contributed by atoms with van der Waals surface area (Å²) in [5.74, 6) is 0. The highest BCUT2D eigenvalue weighted by molar-refractivity contribution is 4.61. The zero-order chi connectivity index (χ0) is 5.11. The highest BCUT2D eigenvalue weighted by atomic mass is 16.3. The highest BCUT2D eigenvalue weighted by Gasteiger charge is 2.07. The summed E-state index contributed by atoms with van der Waals surface area (Å²) < 4.78 is 0. The summed E-state index contributed by atoms with van der Waals surface area (Å²) in [6, 6.07) is 0. The summed E-state index contributed by atoms with van der Waals surface area (Å²) in [5, 5.41) is 8.91. The van der Waals surface area contributed by atoms with Crippen molar-refractivity contribution in [3.63, 3.8) is 0 Å². The van der Waals surface area contributed by atoms with E-state index in [1.54, 1.807) is 0 Å². The minimum atomic E-state index is 0. The maximum Gasteiger partial charge on any atom is 0.0540 e. The number of aliphatic hydroxyl groups excluding tert-OH is 1. The predicted octanol–water partition coefficient (Wildman–Crippen LogP) is 0.811. The number of hydrogen-bond acceptors (Lipinski definition) is 3.